The van der Waals surface area contributed by atoms with E-state index in [1.165, 1.54) is 32.7 Å². The van der Waals surface area contributed by atoms with Gasteiger partial charge in [-0.15, -0.1) is 0 Å². The van der Waals surface area contributed by atoms with Crippen LogP contribution in [0.3, 0.4) is 0 Å². The Kier molecular flexibility index (Phi) is 6.02. The van der Waals surface area contributed by atoms with Gasteiger partial charge in [0.2, 0.25) is 0 Å². The molecule has 8 aromatic carbocycles. The molecule has 0 spiro atoms. The summed E-state index contributed by atoms with van der Waals surface area (Å²) in [6.45, 7) is 0. The maximum atomic E-state index is 13.3. The largest absolute Gasteiger partial charge is 0.416 e. The number of rotatable bonds is 3. The molecule has 0 bridgehead atoms. The monoisotopic (exact) mass is 574 g/mol. The molecule has 0 fully saturated rings. The van der Waals surface area contributed by atoms with Crippen molar-refractivity contribution in [3.8, 4) is 33.4 Å². The van der Waals surface area contributed by atoms with Gasteiger partial charge in [-0.1, -0.05) is 140 Å². The minimum absolute atomic E-state index is 0.647. The van der Waals surface area contributed by atoms with Gasteiger partial charge >= 0.3 is 6.18 Å². The summed E-state index contributed by atoms with van der Waals surface area (Å²) in [7, 11) is 0. The molecular formula is C41H25F3. The Morgan fingerprint density at radius 1 is 0.318 bits per heavy atom. The smallest absolute Gasteiger partial charge is 0.166 e. The SMILES string of the molecule is FC(F)(F)c1ccc(-c2ccc(-c3c4ccccc4c(-c4cccc5ccccc45)c4ccccc34)c3ccccc23)cc1. The first kappa shape index (κ1) is 26.2. The van der Waals surface area contributed by atoms with Crippen molar-refractivity contribution in [3.63, 3.8) is 0 Å². The highest BCUT2D eigenvalue weighted by Gasteiger charge is 2.30. The van der Waals surface area contributed by atoms with E-state index in [0.29, 0.717) is 0 Å². The van der Waals surface area contributed by atoms with Crippen LogP contribution in [0.2, 0.25) is 0 Å². The fourth-order valence-electron chi connectivity index (χ4n) is 6.76. The molecule has 0 aromatic heterocycles. The zero-order valence-electron chi connectivity index (χ0n) is 23.6. The summed E-state index contributed by atoms with van der Waals surface area (Å²) in [6, 6.07) is 50.0. The van der Waals surface area contributed by atoms with Crippen LogP contribution in [0.15, 0.2) is 152 Å². The quantitative estimate of drug-likeness (QED) is 0.184. The fourth-order valence-corrected chi connectivity index (χ4v) is 6.76. The number of alkyl halides is 3. The van der Waals surface area contributed by atoms with Crippen LogP contribution in [0, 0.1) is 0 Å². The van der Waals surface area contributed by atoms with Crippen LogP contribution in [-0.2, 0) is 6.18 Å². The molecule has 0 radical (unpaired) electrons. The Balaban J connectivity index is 1.43. The van der Waals surface area contributed by atoms with Crippen molar-refractivity contribution < 1.29 is 13.2 Å². The molecule has 0 atom stereocenters. The molecule has 0 saturated carbocycles. The summed E-state index contributed by atoms with van der Waals surface area (Å²) in [5.41, 5.74) is 5.66. The summed E-state index contributed by atoms with van der Waals surface area (Å²) >= 11 is 0. The van der Waals surface area contributed by atoms with Crippen molar-refractivity contribution in [1.82, 2.24) is 0 Å². The molecule has 0 saturated heterocycles. The second kappa shape index (κ2) is 10.1. The molecule has 0 aliphatic carbocycles. The van der Waals surface area contributed by atoms with E-state index in [-0.39, 0.29) is 0 Å². The molecule has 0 aliphatic rings. The Morgan fingerprint density at radius 3 is 1.27 bits per heavy atom. The minimum atomic E-state index is -4.37. The van der Waals surface area contributed by atoms with Crippen molar-refractivity contribution in [2.24, 2.45) is 0 Å². The molecule has 0 aliphatic heterocycles. The first-order chi connectivity index (χ1) is 21.5. The van der Waals surface area contributed by atoms with Crippen LogP contribution < -0.4 is 0 Å². The van der Waals surface area contributed by atoms with Gasteiger partial charge in [0, 0.05) is 0 Å². The van der Waals surface area contributed by atoms with Crippen LogP contribution in [0.5, 0.6) is 0 Å². The van der Waals surface area contributed by atoms with E-state index < -0.39 is 11.7 Å². The Labute approximate surface area is 252 Å². The predicted molar refractivity (Wildman–Crippen MR) is 178 cm³/mol. The highest BCUT2D eigenvalue weighted by molar-refractivity contribution is 6.25. The first-order valence-electron chi connectivity index (χ1n) is 14.6. The second-order valence-corrected chi connectivity index (χ2v) is 11.1. The van der Waals surface area contributed by atoms with Gasteiger partial charge in [-0.25, -0.2) is 0 Å². The third kappa shape index (κ3) is 4.16. The summed E-state index contributed by atoms with van der Waals surface area (Å²) < 4.78 is 39.9. The van der Waals surface area contributed by atoms with Gasteiger partial charge in [-0.05, 0) is 88.6 Å². The number of halogens is 3. The Bertz CT molecular complexity index is 2300. The van der Waals surface area contributed by atoms with E-state index in [1.54, 1.807) is 12.1 Å². The first-order valence-corrected chi connectivity index (χ1v) is 14.6. The van der Waals surface area contributed by atoms with Crippen molar-refractivity contribution >= 4 is 43.1 Å². The Hall–Kier alpha value is -5.41. The van der Waals surface area contributed by atoms with Gasteiger partial charge in [0.05, 0.1) is 5.56 Å². The highest BCUT2D eigenvalue weighted by atomic mass is 19.4. The van der Waals surface area contributed by atoms with E-state index in [9.17, 15) is 13.2 Å². The van der Waals surface area contributed by atoms with Crippen LogP contribution in [0.1, 0.15) is 5.56 Å². The summed E-state index contributed by atoms with van der Waals surface area (Å²) in [6.07, 6.45) is -4.37. The molecule has 210 valence electrons. The van der Waals surface area contributed by atoms with Gasteiger partial charge in [-0.2, -0.15) is 13.2 Å². The van der Waals surface area contributed by atoms with Crippen molar-refractivity contribution in [1.29, 1.82) is 0 Å². The molecule has 3 heteroatoms. The second-order valence-electron chi connectivity index (χ2n) is 11.1. The maximum Gasteiger partial charge on any atom is 0.416 e. The van der Waals surface area contributed by atoms with Crippen molar-refractivity contribution in [2.75, 3.05) is 0 Å². The van der Waals surface area contributed by atoms with E-state index in [1.807, 2.05) is 18.2 Å². The minimum Gasteiger partial charge on any atom is -0.166 e. The normalized spacial score (nSPS) is 12.0. The topological polar surface area (TPSA) is 0 Å². The van der Waals surface area contributed by atoms with Crippen molar-refractivity contribution in [3.05, 3.63) is 157 Å². The lowest BCUT2D eigenvalue weighted by Crippen LogP contribution is -2.04. The van der Waals surface area contributed by atoms with Gasteiger partial charge in [-0.3, -0.25) is 0 Å². The van der Waals surface area contributed by atoms with E-state index in [2.05, 4.69) is 109 Å². The van der Waals surface area contributed by atoms with E-state index >= 15 is 0 Å². The average molecular weight is 575 g/mol. The third-order valence-electron chi connectivity index (χ3n) is 8.71. The molecule has 44 heavy (non-hydrogen) atoms. The molecule has 8 rings (SSSR count). The average Bonchev–Trinajstić information content (AvgIpc) is 3.06. The van der Waals surface area contributed by atoms with Crippen molar-refractivity contribution in [2.45, 2.75) is 6.18 Å². The van der Waals surface area contributed by atoms with E-state index in [0.717, 1.165) is 55.9 Å². The molecular weight excluding hydrogens is 549 g/mol. The molecule has 0 heterocycles. The molecule has 0 nitrogen and oxygen atoms in total. The highest BCUT2D eigenvalue weighted by Crippen LogP contribution is 2.47. The van der Waals surface area contributed by atoms with Crippen LogP contribution >= 0.6 is 0 Å². The summed E-state index contributed by atoms with van der Waals surface area (Å²) in [5.74, 6) is 0. The fraction of sp³-hybridized carbons (Fsp3) is 0.0244. The molecule has 0 N–H and O–H groups in total. The maximum absolute atomic E-state index is 13.3. The molecule has 8 aromatic rings. The van der Waals surface area contributed by atoms with Gasteiger partial charge in [0.15, 0.2) is 0 Å². The zero-order valence-corrected chi connectivity index (χ0v) is 23.6. The summed E-state index contributed by atoms with van der Waals surface area (Å²) in [4.78, 5) is 0. The van der Waals surface area contributed by atoms with Crippen LogP contribution in [0.4, 0.5) is 13.2 Å². The van der Waals surface area contributed by atoms with E-state index in [4.69, 9.17) is 0 Å². The lowest BCUT2D eigenvalue weighted by molar-refractivity contribution is -0.137. The van der Waals surface area contributed by atoms with Crippen LogP contribution in [0.25, 0.3) is 76.5 Å². The third-order valence-corrected chi connectivity index (χ3v) is 8.71. The zero-order chi connectivity index (χ0) is 29.8. The Morgan fingerprint density at radius 2 is 0.727 bits per heavy atom. The van der Waals surface area contributed by atoms with Gasteiger partial charge in [0.25, 0.3) is 0 Å². The van der Waals surface area contributed by atoms with Gasteiger partial charge < -0.3 is 0 Å². The molecule has 0 amide bonds. The lowest BCUT2D eigenvalue weighted by Gasteiger charge is -2.20. The predicted octanol–water partition coefficient (Wildman–Crippen LogP) is 12.3. The van der Waals surface area contributed by atoms with Crippen LogP contribution in [-0.4, -0.2) is 0 Å². The standard InChI is InChI=1S/C41H25F3/c42-41(43,44)28-22-20-27(21-23-28)30-24-25-38(32-14-4-3-13-31(30)32)40-36-17-7-5-15-34(36)39(35-16-6-8-18-37(35)40)33-19-9-11-26-10-1-2-12-29(26)33/h1-25H. The number of hydrogen-bond acceptors (Lipinski definition) is 0. The number of hydrogen-bond donors (Lipinski definition) is 0. The number of benzene rings is 8. The van der Waals surface area contributed by atoms with Gasteiger partial charge in [0.1, 0.15) is 0 Å². The summed E-state index contributed by atoms with van der Waals surface area (Å²) in [5, 5.41) is 9.12. The lowest BCUT2D eigenvalue weighted by atomic mass is 9.83. The molecule has 0 unspecified atom stereocenters. The number of fused-ring (bicyclic) bond motifs is 4.